The van der Waals surface area contributed by atoms with Crippen molar-refractivity contribution in [2.45, 2.75) is 38.0 Å². The smallest absolute Gasteiger partial charge is 0.303 e. The molecular weight excluding hydrogens is 316 g/mol. The Labute approximate surface area is 139 Å². The van der Waals surface area contributed by atoms with Gasteiger partial charge in [0, 0.05) is 25.4 Å². The minimum absolute atomic E-state index is 0.0105. The number of halogens is 2. The number of carboxylic acid groups (broad SMARTS) is 1. The highest BCUT2D eigenvalue weighted by Crippen LogP contribution is 2.49. The van der Waals surface area contributed by atoms with Crippen LogP contribution in [0.4, 0.5) is 8.78 Å². The molecule has 1 aliphatic heterocycles. The first-order chi connectivity index (χ1) is 11.5. The fourth-order valence-corrected chi connectivity index (χ4v) is 3.67. The van der Waals surface area contributed by atoms with Crippen molar-refractivity contribution in [3.05, 3.63) is 35.4 Å². The van der Waals surface area contributed by atoms with Crippen molar-refractivity contribution < 1.29 is 23.5 Å². The topological polar surface area (TPSA) is 57.6 Å². The first-order valence-corrected chi connectivity index (χ1v) is 8.41. The molecule has 3 atom stereocenters. The van der Waals surface area contributed by atoms with E-state index in [4.69, 9.17) is 5.11 Å². The highest BCUT2D eigenvalue weighted by atomic mass is 19.1. The van der Waals surface area contributed by atoms with Gasteiger partial charge in [-0.3, -0.25) is 9.59 Å². The summed E-state index contributed by atoms with van der Waals surface area (Å²) >= 11 is 0. The fraction of sp³-hybridized carbons (Fsp3) is 0.556. The zero-order chi connectivity index (χ0) is 17.3. The molecule has 6 heteroatoms. The van der Waals surface area contributed by atoms with Crippen LogP contribution < -0.4 is 0 Å². The Balaban J connectivity index is 1.59. The molecule has 1 saturated heterocycles. The maximum atomic E-state index is 13.8. The van der Waals surface area contributed by atoms with Gasteiger partial charge in [-0.15, -0.1) is 0 Å². The van der Waals surface area contributed by atoms with E-state index in [9.17, 15) is 18.4 Å². The van der Waals surface area contributed by atoms with E-state index in [1.54, 1.807) is 4.90 Å². The normalized spacial score (nSPS) is 26.2. The minimum Gasteiger partial charge on any atom is -0.481 e. The van der Waals surface area contributed by atoms with Crippen molar-refractivity contribution in [3.8, 4) is 0 Å². The van der Waals surface area contributed by atoms with E-state index in [2.05, 4.69) is 0 Å². The van der Waals surface area contributed by atoms with Gasteiger partial charge >= 0.3 is 5.97 Å². The van der Waals surface area contributed by atoms with Crippen LogP contribution in [0.15, 0.2) is 18.2 Å². The van der Waals surface area contributed by atoms with Crippen LogP contribution in [0.5, 0.6) is 0 Å². The number of amides is 1. The van der Waals surface area contributed by atoms with Crippen LogP contribution in [-0.4, -0.2) is 35.0 Å². The van der Waals surface area contributed by atoms with Crippen molar-refractivity contribution in [1.29, 1.82) is 0 Å². The van der Waals surface area contributed by atoms with Crippen LogP contribution in [0.25, 0.3) is 0 Å². The monoisotopic (exact) mass is 337 g/mol. The number of nitrogens with zero attached hydrogens (tertiary/aromatic N) is 1. The molecule has 2 fully saturated rings. The molecule has 1 amide bonds. The van der Waals surface area contributed by atoms with E-state index in [0.717, 1.165) is 25.0 Å². The molecule has 1 heterocycles. The van der Waals surface area contributed by atoms with Crippen molar-refractivity contribution in [2.24, 2.45) is 11.8 Å². The summed E-state index contributed by atoms with van der Waals surface area (Å²) in [6, 6.07) is 3.36. The Kier molecular flexibility index (Phi) is 4.83. The summed E-state index contributed by atoms with van der Waals surface area (Å²) in [5, 5.41) is 8.78. The molecule has 1 aromatic carbocycles. The summed E-state index contributed by atoms with van der Waals surface area (Å²) in [5.74, 6) is -2.09. The second kappa shape index (κ2) is 6.87. The maximum absolute atomic E-state index is 13.8. The van der Waals surface area contributed by atoms with Crippen molar-refractivity contribution in [2.75, 3.05) is 13.1 Å². The first kappa shape index (κ1) is 16.9. The Hall–Kier alpha value is -1.98. The number of piperidine rings is 1. The quantitative estimate of drug-likeness (QED) is 0.898. The SMILES string of the molecule is O=C(O)CC[C@@H]1CCCN(C(=O)[C@H]2C[C@@H]2c2cc(F)ccc2F)C1. The number of hydrogen-bond donors (Lipinski definition) is 1. The fourth-order valence-electron chi connectivity index (χ4n) is 3.67. The predicted octanol–water partition coefficient (Wildman–Crippen LogP) is 3.17. The summed E-state index contributed by atoms with van der Waals surface area (Å²) in [5.41, 5.74) is 0.285. The number of carbonyl (C=O) groups is 2. The number of rotatable bonds is 5. The molecule has 0 radical (unpaired) electrons. The van der Waals surface area contributed by atoms with Crippen LogP contribution in [-0.2, 0) is 9.59 Å². The molecule has 1 N–H and O–H groups in total. The Bertz CT molecular complexity index is 649. The molecule has 4 nitrogen and oxygen atoms in total. The third-order valence-electron chi connectivity index (χ3n) is 5.06. The molecule has 0 unspecified atom stereocenters. The third kappa shape index (κ3) is 3.74. The number of benzene rings is 1. The van der Waals surface area contributed by atoms with Gasteiger partial charge in [-0.1, -0.05) is 0 Å². The Morgan fingerprint density at radius 3 is 2.83 bits per heavy atom. The zero-order valence-electron chi connectivity index (χ0n) is 13.4. The van der Waals surface area contributed by atoms with E-state index >= 15 is 0 Å². The lowest BCUT2D eigenvalue weighted by molar-refractivity contribution is -0.137. The van der Waals surface area contributed by atoms with Crippen LogP contribution >= 0.6 is 0 Å². The van der Waals surface area contributed by atoms with Crippen LogP contribution in [0.1, 0.15) is 43.6 Å². The zero-order valence-corrected chi connectivity index (χ0v) is 13.4. The molecule has 1 aliphatic carbocycles. The molecule has 24 heavy (non-hydrogen) atoms. The van der Waals surface area contributed by atoms with Gasteiger partial charge < -0.3 is 10.0 Å². The Morgan fingerprint density at radius 1 is 1.29 bits per heavy atom. The largest absolute Gasteiger partial charge is 0.481 e. The number of likely N-dealkylation sites (tertiary alicyclic amines) is 1. The van der Waals surface area contributed by atoms with Crippen molar-refractivity contribution >= 4 is 11.9 Å². The van der Waals surface area contributed by atoms with Gasteiger partial charge in [-0.05, 0) is 61.3 Å². The van der Waals surface area contributed by atoms with E-state index in [-0.39, 0.29) is 35.6 Å². The average Bonchev–Trinajstić information content (AvgIpc) is 3.35. The van der Waals surface area contributed by atoms with Gasteiger partial charge in [0.05, 0.1) is 0 Å². The summed E-state index contributed by atoms with van der Waals surface area (Å²) in [7, 11) is 0. The molecule has 2 aliphatic rings. The van der Waals surface area contributed by atoms with Gasteiger partial charge in [0.1, 0.15) is 11.6 Å². The second-order valence-electron chi connectivity index (χ2n) is 6.84. The minimum atomic E-state index is -0.817. The molecule has 1 saturated carbocycles. The maximum Gasteiger partial charge on any atom is 0.303 e. The number of aliphatic carboxylic acids is 1. The van der Waals surface area contributed by atoms with E-state index < -0.39 is 17.6 Å². The molecule has 3 rings (SSSR count). The van der Waals surface area contributed by atoms with Gasteiger partial charge in [-0.25, -0.2) is 8.78 Å². The molecule has 0 bridgehead atoms. The first-order valence-electron chi connectivity index (χ1n) is 8.41. The Morgan fingerprint density at radius 2 is 2.08 bits per heavy atom. The summed E-state index contributed by atoms with van der Waals surface area (Å²) in [6.07, 6.45) is 3.04. The lowest BCUT2D eigenvalue weighted by Crippen LogP contribution is -2.41. The lowest BCUT2D eigenvalue weighted by Gasteiger charge is -2.33. The highest BCUT2D eigenvalue weighted by molar-refractivity contribution is 5.83. The van der Waals surface area contributed by atoms with Gasteiger partial charge in [-0.2, -0.15) is 0 Å². The standard InChI is InChI=1S/C18H21F2NO3/c19-12-4-5-16(20)14(8-12)13-9-15(13)18(24)21-7-1-2-11(10-21)3-6-17(22)23/h4-5,8,11,13,15H,1-3,6-7,9-10H2,(H,22,23)/t11-,13+,15-/m0/s1. The summed E-state index contributed by atoms with van der Waals surface area (Å²) in [6.45, 7) is 1.23. The third-order valence-corrected chi connectivity index (χ3v) is 5.06. The van der Waals surface area contributed by atoms with E-state index in [0.29, 0.717) is 25.9 Å². The number of hydrogen-bond acceptors (Lipinski definition) is 2. The van der Waals surface area contributed by atoms with E-state index in [1.165, 1.54) is 6.07 Å². The molecule has 0 aromatic heterocycles. The van der Waals surface area contributed by atoms with Crippen molar-refractivity contribution in [3.63, 3.8) is 0 Å². The average molecular weight is 337 g/mol. The molecular formula is C18H21F2NO3. The van der Waals surface area contributed by atoms with Crippen LogP contribution in [0, 0.1) is 23.5 Å². The van der Waals surface area contributed by atoms with Crippen LogP contribution in [0.3, 0.4) is 0 Å². The predicted molar refractivity (Wildman–Crippen MR) is 83.4 cm³/mol. The second-order valence-corrected chi connectivity index (χ2v) is 6.84. The lowest BCUT2D eigenvalue weighted by atomic mass is 9.93. The van der Waals surface area contributed by atoms with Gasteiger partial charge in [0.2, 0.25) is 5.91 Å². The summed E-state index contributed by atoms with van der Waals surface area (Å²) in [4.78, 5) is 25.1. The molecule has 130 valence electrons. The summed E-state index contributed by atoms with van der Waals surface area (Å²) < 4.78 is 27.1. The van der Waals surface area contributed by atoms with E-state index in [1.807, 2.05) is 0 Å². The molecule has 1 aromatic rings. The molecule has 0 spiro atoms. The van der Waals surface area contributed by atoms with Gasteiger partial charge in [0.25, 0.3) is 0 Å². The van der Waals surface area contributed by atoms with Crippen molar-refractivity contribution in [1.82, 2.24) is 4.90 Å². The number of carbonyl (C=O) groups excluding carboxylic acids is 1. The highest BCUT2D eigenvalue weighted by Gasteiger charge is 2.47. The van der Waals surface area contributed by atoms with Gasteiger partial charge in [0.15, 0.2) is 0 Å². The van der Waals surface area contributed by atoms with Crippen LogP contribution in [0.2, 0.25) is 0 Å². The number of carboxylic acids is 1.